The highest BCUT2D eigenvalue weighted by Gasteiger charge is 2.27. The minimum Gasteiger partial charge on any atom is -0.357 e. The SMILES string of the molecule is N#Cc1cc(F)c(N2CCCCC2C=O)c(F)c1. The Morgan fingerprint density at radius 2 is 2.00 bits per heavy atom. The van der Waals surface area contributed by atoms with Crippen molar-refractivity contribution in [3.8, 4) is 6.07 Å². The third kappa shape index (κ3) is 2.19. The van der Waals surface area contributed by atoms with E-state index in [-0.39, 0.29) is 11.3 Å². The van der Waals surface area contributed by atoms with Crippen molar-refractivity contribution in [2.24, 2.45) is 0 Å². The number of nitriles is 1. The molecule has 18 heavy (non-hydrogen) atoms. The molecule has 2 rings (SSSR count). The third-order valence-corrected chi connectivity index (χ3v) is 3.14. The van der Waals surface area contributed by atoms with Crippen LogP contribution < -0.4 is 4.90 Å². The van der Waals surface area contributed by atoms with E-state index in [1.165, 1.54) is 4.90 Å². The zero-order chi connectivity index (χ0) is 13.1. The van der Waals surface area contributed by atoms with Crippen molar-refractivity contribution in [3.05, 3.63) is 29.3 Å². The molecule has 94 valence electrons. The van der Waals surface area contributed by atoms with Gasteiger partial charge in [0.25, 0.3) is 0 Å². The number of piperidine rings is 1. The molecule has 0 N–H and O–H groups in total. The van der Waals surface area contributed by atoms with Gasteiger partial charge in [0.1, 0.15) is 12.0 Å². The summed E-state index contributed by atoms with van der Waals surface area (Å²) in [6.07, 6.45) is 2.99. The van der Waals surface area contributed by atoms with Gasteiger partial charge >= 0.3 is 0 Å². The maximum absolute atomic E-state index is 13.8. The molecule has 0 spiro atoms. The Labute approximate surface area is 104 Å². The molecule has 1 unspecified atom stereocenters. The van der Waals surface area contributed by atoms with E-state index in [1.54, 1.807) is 6.07 Å². The van der Waals surface area contributed by atoms with Crippen LogP contribution in [0.3, 0.4) is 0 Å². The maximum Gasteiger partial charge on any atom is 0.150 e. The van der Waals surface area contributed by atoms with E-state index in [1.807, 2.05) is 0 Å². The lowest BCUT2D eigenvalue weighted by molar-refractivity contribution is -0.109. The monoisotopic (exact) mass is 250 g/mol. The average Bonchev–Trinajstić information content (AvgIpc) is 2.38. The molecule has 0 bridgehead atoms. The third-order valence-electron chi connectivity index (χ3n) is 3.14. The zero-order valence-corrected chi connectivity index (χ0v) is 9.70. The Morgan fingerprint density at radius 1 is 1.33 bits per heavy atom. The Hall–Kier alpha value is -1.96. The fraction of sp³-hybridized carbons (Fsp3) is 0.385. The smallest absolute Gasteiger partial charge is 0.150 e. The molecule has 3 nitrogen and oxygen atoms in total. The van der Waals surface area contributed by atoms with E-state index in [0.717, 1.165) is 31.3 Å². The van der Waals surface area contributed by atoms with Gasteiger partial charge in [-0.1, -0.05) is 0 Å². The van der Waals surface area contributed by atoms with Gasteiger partial charge in [-0.3, -0.25) is 0 Å². The van der Waals surface area contributed by atoms with Crippen molar-refractivity contribution < 1.29 is 13.6 Å². The molecular formula is C13H12F2N2O. The summed E-state index contributed by atoms with van der Waals surface area (Å²) in [7, 11) is 0. The molecule has 5 heteroatoms. The van der Waals surface area contributed by atoms with E-state index in [2.05, 4.69) is 0 Å². The normalized spacial score (nSPS) is 19.4. The molecule has 0 amide bonds. The van der Waals surface area contributed by atoms with Gasteiger partial charge in [0, 0.05) is 6.54 Å². The molecule has 1 aliphatic heterocycles. The zero-order valence-electron chi connectivity index (χ0n) is 9.70. The largest absolute Gasteiger partial charge is 0.357 e. The minimum atomic E-state index is -0.791. The van der Waals surface area contributed by atoms with Crippen molar-refractivity contribution in [1.82, 2.24) is 0 Å². The number of carbonyl (C=O) groups excluding carboxylic acids is 1. The summed E-state index contributed by atoms with van der Waals surface area (Å²) >= 11 is 0. The Balaban J connectivity index is 2.43. The molecule has 1 aromatic rings. The fourth-order valence-electron chi connectivity index (χ4n) is 2.28. The number of anilines is 1. The molecular weight excluding hydrogens is 238 g/mol. The molecule has 0 radical (unpaired) electrons. The molecule has 1 fully saturated rings. The predicted molar refractivity (Wildman–Crippen MR) is 62.1 cm³/mol. The lowest BCUT2D eigenvalue weighted by atomic mass is 10.0. The molecule has 0 aromatic heterocycles. The Bertz CT molecular complexity index is 487. The highest BCUT2D eigenvalue weighted by Crippen LogP contribution is 2.30. The van der Waals surface area contributed by atoms with Crippen molar-refractivity contribution >= 4 is 12.0 Å². The number of aldehydes is 1. The number of halogens is 2. The molecule has 1 saturated heterocycles. The number of benzene rings is 1. The minimum absolute atomic E-state index is 0.0617. The van der Waals surface area contributed by atoms with Crippen LogP contribution in [-0.2, 0) is 4.79 Å². The first-order chi connectivity index (χ1) is 8.67. The van der Waals surface area contributed by atoms with E-state index >= 15 is 0 Å². The first-order valence-electron chi connectivity index (χ1n) is 5.78. The van der Waals surface area contributed by atoms with Gasteiger partial charge in [-0.05, 0) is 31.4 Å². The van der Waals surface area contributed by atoms with Crippen LogP contribution in [0.25, 0.3) is 0 Å². The summed E-state index contributed by atoms with van der Waals surface area (Å²) in [5, 5.41) is 8.63. The van der Waals surface area contributed by atoms with Crippen molar-refractivity contribution in [3.63, 3.8) is 0 Å². The van der Waals surface area contributed by atoms with E-state index < -0.39 is 17.7 Å². The number of hydrogen-bond donors (Lipinski definition) is 0. The van der Waals surface area contributed by atoms with Crippen molar-refractivity contribution in [1.29, 1.82) is 5.26 Å². The lowest BCUT2D eigenvalue weighted by Gasteiger charge is -2.34. The highest BCUT2D eigenvalue weighted by molar-refractivity contribution is 5.67. The quantitative estimate of drug-likeness (QED) is 0.757. The van der Waals surface area contributed by atoms with E-state index in [0.29, 0.717) is 13.0 Å². The number of rotatable bonds is 2. The van der Waals surface area contributed by atoms with E-state index in [4.69, 9.17) is 5.26 Å². The summed E-state index contributed by atoms with van der Waals surface area (Å²) in [6, 6.07) is 3.20. The maximum atomic E-state index is 13.8. The predicted octanol–water partition coefficient (Wildman–Crippen LogP) is 2.39. The standard InChI is InChI=1S/C13H12F2N2O/c14-11-5-9(7-16)6-12(15)13(11)17-4-2-1-3-10(17)8-18/h5-6,8,10H,1-4H2. The van der Waals surface area contributed by atoms with Gasteiger partial charge in [0.2, 0.25) is 0 Å². The van der Waals surface area contributed by atoms with Crippen LogP contribution in [0, 0.1) is 23.0 Å². The van der Waals surface area contributed by atoms with Crippen LogP contribution in [0.15, 0.2) is 12.1 Å². The highest BCUT2D eigenvalue weighted by atomic mass is 19.1. The van der Waals surface area contributed by atoms with Gasteiger partial charge < -0.3 is 9.69 Å². The summed E-state index contributed by atoms with van der Waals surface area (Å²) in [5.41, 5.74) is -0.265. The second kappa shape index (κ2) is 5.13. The van der Waals surface area contributed by atoms with Gasteiger partial charge in [0.15, 0.2) is 11.6 Å². The Kier molecular flexibility index (Phi) is 3.56. The molecule has 1 aliphatic rings. The fourth-order valence-corrected chi connectivity index (χ4v) is 2.28. The molecule has 1 aromatic carbocycles. The van der Waals surface area contributed by atoms with Crippen LogP contribution in [0.1, 0.15) is 24.8 Å². The summed E-state index contributed by atoms with van der Waals surface area (Å²) in [6.45, 7) is 0.448. The lowest BCUT2D eigenvalue weighted by Crippen LogP contribution is -2.41. The summed E-state index contributed by atoms with van der Waals surface area (Å²) < 4.78 is 27.7. The number of nitrogens with zero attached hydrogens (tertiary/aromatic N) is 2. The van der Waals surface area contributed by atoms with Gasteiger partial charge in [-0.25, -0.2) is 8.78 Å². The van der Waals surface area contributed by atoms with Crippen LogP contribution in [0.2, 0.25) is 0 Å². The van der Waals surface area contributed by atoms with Crippen LogP contribution in [-0.4, -0.2) is 18.9 Å². The van der Waals surface area contributed by atoms with E-state index in [9.17, 15) is 13.6 Å². The molecule has 0 aliphatic carbocycles. The molecule has 1 heterocycles. The molecule has 0 saturated carbocycles. The van der Waals surface area contributed by atoms with Crippen LogP contribution >= 0.6 is 0 Å². The summed E-state index contributed by atoms with van der Waals surface area (Å²) in [4.78, 5) is 12.4. The van der Waals surface area contributed by atoms with Crippen molar-refractivity contribution in [2.75, 3.05) is 11.4 Å². The summed E-state index contributed by atoms with van der Waals surface area (Å²) in [5.74, 6) is -1.58. The van der Waals surface area contributed by atoms with Gasteiger partial charge in [0.05, 0.1) is 17.7 Å². The molecule has 1 atom stereocenters. The van der Waals surface area contributed by atoms with Gasteiger partial charge in [-0.15, -0.1) is 0 Å². The Morgan fingerprint density at radius 3 is 2.56 bits per heavy atom. The second-order valence-electron chi connectivity index (χ2n) is 4.29. The van der Waals surface area contributed by atoms with Crippen molar-refractivity contribution in [2.45, 2.75) is 25.3 Å². The first kappa shape index (κ1) is 12.5. The number of carbonyl (C=O) groups is 1. The van der Waals surface area contributed by atoms with Crippen LogP contribution in [0.4, 0.5) is 14.5 Å². The second-order valence-corrected chi connectivity index (χ2v) is 4.29. The topological polar surface area (TPSA) is 44.1 Å². The first-order valence-corrected chi connectivity index (χ1v) is 5.78. The average molecular weight is 250 g/mol. The van der Waals surface area contributed by atoms with Gasteiger partial charge in [-0.2, -0.15) is 5.26 Å². The number of hydrogen-bond acceptors (Lipinski definition) is 3. The van der Waals surface area contributed by atoms with Crippen LogP contribution in [0.5, 0.6) is 0 Å².